The highest BCUT2D eigenvalue weighted by molar-refractivity contribution is 5.99. The molecule has 0 radical (unpaired) electrons. The molecule has 116 valence electrons. The Bertz CT molecular complexity index is 668. The van der Waals surface area contributed by atoms with E-state index in [2.05, 4.69) is 4.74 Å². The van der Waals surface area contributed by atoms with Crippen LogP contribution in [-0.4, -0.2) is 17.5 Å². The van der Waals surface area contributed by atoms with Gasteiger partial charge in [-0.25, -0.2) is 8.78 Å². The van der Waals surface area contributed by atoms with Gasteiger partial charge in [-0.2, -0.15) is 8.78 Å². The molecule has 0 saturated heterocycles. The summed E-state index contributed by atoms with van der Waals surface area (Å²) in [5.41, 5.74) is -0.405. The van der Waals surface area contributed by atoms with Gasteiger partial charge < -0.3 is 9.84 Å². The zero-order valence-corrected chi connectivity index (χ0v) is 11.0. The third kappa shape index (κ3) is 3.82. The number of alkyl halides is 2. The first-order valence-electron chi connectivity index (χ1n) is 6.10. The van der Waals surface area contributed by atoms with E-state index in [4.69, 9.17) is 0 Å². The number of carbonyl (C=O) groups excluding carboxylic acids is 1. The summed E-state index contributed by atoms with van der Waals surface area (Å²) in [6.07, 6.45) is -1.76. The SMILES string of the molecule is O=C(c1cc(F)cc(F)c1)C(O)c1cccc(OC(F)F)c1. The predicted octanol–water partition coefficient (Wildman–Crippen LogP) is 3.48. The Labute approximate surface area is 122 Å². The van der Waals surface area contributed by atoms with Crippen LogP contribution in [0.15, 0.2) is 42.5 Å². The van der Waals surface area contributed by atoms with Crippen molar-refractivity contribution >= 4 is 5.78 Å². The molecule has 0 heterocycles. The molecule has 7 heteroatoms. The van der Waals surface area contributed by atoms with Crippen molar-refractivity contribution < 1.29 is 32.2 Å². The van der Waals surface area contributed by atoms with E-state index < -0.39 is 30.1 Å². The second kappa shape index (κ2) is 6.57. The number of aliphatic hydroxyl groups excluding tert-OH is 1. The Kier molecular flexibility index (Phi) is 4.77. The lowest BCUT2D eigenvalue weighted by Gasteiger charge is -2.12. The average Bonchev–Trinajstić information content (AvgIpc) is 2.44. The van der Waals surface area contributed by atoms with Crippen LogP contribution < -0.4 is 4.74 Å². The van der Waals surface area contributed by atoms with Gasteiger partial charge in [-0.1, -0.05) is 12.1 Å². The van der Waals surface area contributed by atoms with Crippen LogP contribution in [0.3, 0.4) is 0 Å². The quantitative estimate of drug-likeness (QED) is 0.679. The van der Waals surface area contributed by atoms with Gasteiger partial charge in [-0.3, -0.25) is 4.79 Å². The van der Waals surface area contributed by atoms with E-state index in [-0.39, 0.29) is 16.9 Å². The summed E-state index contributed by atoms with van der Waals surface area (Å²) < 4.78 is 54.6. The first kappa shape index (κ1) is 16.0. The van der Waals surface area contributed by atoms with Crippen LogP contribution in [0.25, 0.3) is 0 Å². The molecule has 1 atom stereocenters. The highest BCUT2D eigenvalue weighted by Crippen LogP contribution is 2.24. The number of ketones is 1. The van der Waals surface area contributed by atoms with Gasteiger partial charge in [0.25, 0.3) is 0 Å². The summed E-state index contributed by atoms with van der Waals surface area (Å²) in [7, 11) is 0. The summed E-state index contributed by atoms with van der Waals surface area (Å²) in [6.45, 7) is -3.06. The molecule has 0 saturated carbocycles. The number of carbonyl (C=O) groups is 1. The van der Waals surface area contributed by atoms with Crippen LogP contribution in [0.4, 0.5) is 17.6 Å². The molecule has 0 fully saturated rings. The van der Waals surface area contributed by atoms with Gasteiger partial charge in [0.05, 0.1) is 0 Å². The van der Waals surface area contributed by atoms with Gasteiger partial charge in [-0.15, -0.1) is 0 Å². The average molecular weight is 314 g/mol. The van der Waals surface area contributed by atoms with Crippen molar-refractivity contribution in [2.75, 3.05) is 0 Å². The predicted molar refractivity (Wildman–Crippen MR) is 68.7 cm³/mol. The fourth-order valence-corrected chi connectivity index (χ4v) is 1.87. The first-order valence-corrected chi connectivity index (χ1v) is 6.10. The molecule has 1 N–H and O–H groups in total. The van der Waals surface area contributed by atoms with E-state index in [9.17, 15) is 27.5 Å². The number of rotatable bonds is 5. The van der Waals surface area contributed by atoms with Gasteiger partial charge in [-0.05, 0) is 29.8 Å². The number of halogens is 4. The third-order valence-electron chi connectivity index (χ3n) is 2.79. The maximum absolute atomic E-state index is 13.1. The minimum absolute atomic E-state index is 0.0344. The highest BCUT2D eigenvalue weighted by Gasteiger charge is 2.21. The van der Waals surface area contributed by atoms with Crippen molar-refractivity contribution in [2.45, 2.75) is 12.7 Å². The molecule has 0 spiro atoms. The van der Waals surface area contributed by atoms with Crippen LogP contribution in [0.2, 0.25) is 0 Å². The molecule has 2 aromatic rings. The first-order chi connectivity index (χ1) is 10.4. The maximum Gasteiger partial charge on any atom is 0.387 e. The Morgan fingerprint density at radius 1 is 1.05 bits per heavy atom. The van der Waals surface area contributed by atoms with E-state index in [1.165, 1.54) is 18.2 Å². The number of benzene rings is 2. The highest BCUT2D eigenvalue weighted by atomic mass is 19.3. The number of Topliss-reactive ketones (excluding diaryl/α,β-unsaturated/α-hetero) is 1. The van der Waals surface area contributed by atoms with Crippen molar-refractivity contribution in [1.82, 2.24) is 0 Å². The third-order valence-corrected chi connectivity index (χ3v) is 2.79. The topological polar surface area (TPSA) is 46.5 Å². The van der Waals surface area contributed by atoms with Gasteiger partial charge in [0, 0.05) is 11.6 Å². The minimum Gasteiger partial charge on any atom is -0.435 e. The van der Waals surface area contributed by atoms with Crippen LogP contribution in [-0.2, 0) is 0 Å². The van der Waals surface area contributed by atoms with Crippen molar-refractivity contribution in [2.24, 2.45) is 0 Å². The largest absolute Gasteiger partial charge is 0.435 e. The lowest BCUT2D eigenvalue weighted by atomic mass is 9.99. The molecule has 2 aromatic carbocycles. The molecule has 2 rings (SSSR count). The normalized spacial score (nSPS) is 12.3. The molecule has 1 unspecified atom stereocenters. The number of hydrogen-bond acceptors (Lipinski definition) is 3. The lowest BCUT2D eigenvalue weighted by molar-refractivity contribution is -0.0499. The van der Waals surface area contributed by atoms with E-state index >= 15 is 0 Å². The molecule has 0 amide bonds. The summed E-state index contributed by atoms with van der Waals surface area (Å²) in [5, 5.41) is 9.95. The maximum atomic E-state index is 13.1. The van der Waals surface area contributed by atoms with E-state index in [1.807, 2.05) is 0 Å². The second-order valence-electron chi connectivity index (χ2n) is 4.38. The molecule has 0 aliphatic carbocycles. The minimum atomic E-state index is -3.06. The lowest BCUT2D eigenvalue weighted by Crippen LogP contribution is -2.13. The monoisotopic (exact) mass is 314 g/mol. The van der Waals surface area contributed by atoms with Gasteiger partial charge in [0.1, 0.15) is 23.5 Å². The van der Waals surface area contributed by atoms with Crippen LogP contribution in [0, 0.1) is 11.6 Å². The van der Waals surface area contributed by atoms with Gasteiger partial charge in [0.15, 0.2) is 5.78 Å². The second-order valence-corrected chi connectivity index (χ2v) is 4.38. The van der Waals surface area contributed by atoms with Crippen LogP contribution in [0.1, 0.15) is 22.0 Å². The van der Waals surface area contributed by atoms with Gasteiger partial charge >= 0.3 is 6.61 Å². The molecule has 22 heavy (non-hydrogen) atoms. The van der Waals surface area contributed by atoms with Crippen LogP contribution >= 0.6 is 0 Å². The summed E-state index contributed by atoms with van der Waals surface area (Å²) in [4.78, 5) is 12.0. The molecule has 0 aromatic heterocycles. The summed E-state index contributed by atoms with van der Waals surface area (Å²) >= 11 is 0. The van der Waals surface area contributed by atoms with E-state index in [0.29, 0.717) is 6.07 Å². The van der Waals surface area contributed by atoms with Crippen molar-refractivity contribution in [3.05, 3.63) is 65.2 Å². The van der Waals surface area contributed by atoms with Crippen LogP contribution in [0.5, 0.6) is 5.75 Å². The fraction of sp³-hybridized carbons (Fsp3) is 0.133. The molecule has 0 bridgehead atoms. The smallest absolute Gasteiger partial charge is 0.387 e. The Hall–Kier alpha value is -2.41. The van der Waals surface area contributed by atoms with Crippen molar-refractivity contribution in [1.29, 1.82) is 0 Å². The van der Waals surface area contributed by atoms with Gasteiger partial charge in [0.2, 0.25) is 0 Å². The molecule has 0 aliphatic rings. The van der Waals surface area contributed by atoms with E-state index in [0.717, 1.165) is 18.2 Å². The molecular formula is C15H10F4O3. The number of ether oxygens (including phenoxy) is 1. The Morgan fingerprint density at radius 3 is 2.27 bits per heavy atom. The summed E-state index contributed by atoms with van der Waals surface area (Å²) in [6, 6.07) is 6.99. The summed E-state index contributed by atoms with van der Waals surface area (Å²) in [5.74, 6) is -3.15. The van der Waals surface area contributed by atoms with Crippen molar-refractivity contribution in [3.63, 3.8) is 0 Å². The zero-order chi connectivity index (χ0) is 16.3. The Balaban J connectivity index is 2.26. The zero-order valence-electron chi connectivity index (χ0n) is 11.0. The van der Waals surface area contributed by atoms with E-state index in [1.54, 1.807) is 0 Å². The number of aliphatic hydroxyl groups is 1. The fourth-order valence-electron chi connectivity index (χ4n) is 1.87. The Morgan fingerprint density at radius 2 is 1.68 bits per heavy atom. The molecule has 3 nitrogen and oxygen atoms in total. The molecular weight excluding hydrogens is 304 g/mol. The number of hydrogen-bond donors (Lipinski definition) is 1. The molecule has 0 aliphatic heterocycles. The van der Waals surface area contributed by atoms with Crippen molar-refractivity contribution in [3.8, 4) is 5.75 Å². The standard InChI is InChI=1S/C15H10F4O3/c16-10-4-9(5-11(17)7-10)14(21)13(20)8-2-1-3-12(6-8)22-15(18)19/h1-7,13,15,20H.